The SMILES string of the molecule is CCC(CC)N(CCNc1ccccc1C)CC(C)C. The molecule has 1 rings (SSSR count). The zero-order valence-electron chi connectivity index (χ0n) is 13.9. The van der Waals surface area contributed by atoms with E-state index in [2.05, 4.69) is 69.1 Å². The molecule has 0 saturated carbocycles. The van der Waals surface area contributed by atoms with Gasteiger partial charge in [-0.15, -0.1) is 0 Å². The van der Waals surface area contributed by atoms with Crippen LogP contribution in [0.15, 0.2) is 24.3 Å². The molecule has 1 N–H and O–H groups in total. The second-order valence-electron chi connectivity index (χ2n) is 6.10. The highest BCUT2D eigenvalue weighted by Gasteiger charge is 2.15. The Labute approximate surface area is 125 Å². The maximum Gasteiger partial charge on any atom is 0.0370 e. The first-order valence-corrected chi connectivity index (χ1v) is 8.12. The fourth-order valence-electron chi connectivity index (χ4n) is 2.80. The Morgan fingerprint density at radius 3 is 2.30 bits per heavy atom. The quantitative estimate of drug-likeness (QED) is 0.711. The third-order valence-electron chi connectivity index (χ3n) is 3.92. The van der Waals surface area contributed by atoms with Crippen molar-refractivity contribution in [2.75, 3.05) is 25.0 Å². The van der Waals surface area contributed by atoms with Gasteiger partial charge in [-0.05, 0) is 37.3 Å². The van der Waals surface area contributed by atoms with Crippen molar-refractivity contribution in [2.45, 2.75) is 53.5 Å². The third kappa shape index (κ3) is 5.54. The van der Waals surface area contributed by atoms with E-state index in [0.717, 1.165) is 25.0 Å². The van der Waals surface area contributed by atoms with Gasteiger partial charge in [0.2, 0.25) is 0 Å². The average Bonchev–Trinajstić information content (AvgIpc) is 2.41. The highest BCUT2D eigenvalue weighted by molar-refractivity contribution is 5.50. The van der Waals surface area contributed by atoms with Gasteiger partial charge >= 0.3 is 0 Å². The summed E-state index contributed by atoms with van der Waals surface area (Å²) < 4.78 is 0. The van der Waals surface area contributed by atoms with E-state index in [0.29, 0.717) is 0 Å². The average molecular weight is 276 g/mol. The molecule has 2 nitrogen and oxygen atoms in total. The fraction of sp³-hybridized carbons (Fsp3) is 0.667. The molecule has 0 saturated heterocycles. The summed E-state index contributed by atoms with van der Waals surface area (Å²) in [6.07, 6.45) is 2.49. The molecule has 0 bridgehead atoms. The summed E-state index contributed by atoms with van der Waals surface area (Å²) in [5.74, 6) is 0.731. The fourth-order valence-corrected chi connectivity index (χ4v) is 2.80. The van der Waals surface area contributed by atoms with Crippen LogP contribution in [0.3, 0.4) is 0 Å². The molecule has 0 fully saturated rings. The Bertz CT molecular complexity index is 369. The number of anilines is 1. The lowest BCUT2D eigenvalue weighted by atomic mass is 10.1. The lowest BCUT2D eigenvalue weighted by molar-refractivity contribution is 0.172. The van der Waals surface area contributed by atoms with Gasteiger partial charge in [-0.3, -0.25) is 4.90 Å². The number of aryl methyl sites for hydroxylation is 1. The minimum Gasteiger partial charge on any atom is -0.384 e. The summed E-state index contributed by atoms with van der Waals surface area (Å²) in [6, 6.07) is 9.24. The summed E-state index contributed by atoms with van der Waals surface area (Å²) in [7, 11) is 0. The largest absolute Gasteiger partial charge is 0.384 e. The zero-order chi connectivity index (χ0) is 15.0. The Morgan fingerprint density at radius 1 is 1.10 bits per heavy atom. The van der Waals surface area contributed by atoms with Crippen molar-refractivity contribution in [3.05, 3.63) is 29.8 Å². The van der Waals surface area contributed by atoms with E-state index in [4.69, 9.17) is 0 Å². The van der Waals surface area contributed by atoms with Crippen molar-refractivity contribution in [1.82, 2.24) is 4.90 Å². The Balaban J connectivity index is 2.51. The lowest BCUT2D eigenvalue weighted by Crippen LogP contribution is -2.40. The van der Waals surface area contributed by atoms with E-state index in [-0.39, 0.29) is 0 Å². The minimum absolute atomic E-state index is 0.719. The monoisotopic (exact) mass is 276 g/mol. The summed E-state index contributed by atoms with van der Waals surface area (Å²) in [5, 5.41) is 3.58. The van der Waals surface area contributed by atoms with Crippen LogP contribution in [0.1, 0.15) is 46.1 Å². The molecule has 1 aromatic carbocycles. The maximum absolute atomic E-state index is 3.58. The van der Waals surface area contributed by atoms with Crippen LogP contribution < -0.4 is 5.32 Å². The molecule has 0 aromatic heterocycles. The molecule has 114 valence electrons. The molecular weight excluding hydrogens is 244 g/mol. The molecule has 0 heterocycles. The van der Waals surface area contributed by atoms with Crippen LogP contribution in [0.5, 0.6) is 0 Å². The van der Waals surface area contributed by atoms with Crippen LogP contribution in [-0.4, -0.2) is 30.6 Å². The molecule has 2 heteroatoms. The van der Waals surface area contributed by atoms with Crippen LogP contribution >= 0.6 is 0 Å². The second-order valence-corrected chi connectivity index (χ2v) is 6.10. The molecule has 0 aliphatic carbocycles. The van der Waals surface area contributed by atoms with Gasteiger partial charge < -0.3 is 5.32 Å². The zero-order valence-corrected chi connectivity index (χ0v) is 13.9. The van der Waals surface area contributed by atoms with E-state index in [9.17, 15) is 0 Å². The van der Waals surface area contributed by atoms with Gasteiger partial charge in [0.05, 0.1) is 0 Å². The van der Waals surface area contributed by atoms with Crippen molar-refractivity contribution in [3.8, 4) is 0 Å². The molecular formula is C18H32N2. The second kappa shape index (κ2) is 9.02. The molecule has 0 atom stereocenters. The summed E-state index contributed by atoms with van der Waals surface area (Å²) >= 11 is 0. The van der Waals surface area contributed by atoms with Crippen LogP contribution in [0.25, 0.3) is 0 Å². The highest BCUT2D eigenvalue weighted by Crippen LogP contribution is 2.14. The summed E-state index contributed by atoms with van der Waals surface area (Å²) in [5.41, 5.74) is 2.59. The van der Waals surface area contributed by atoms with Gasteiger partial charge in [-0.2, -0.15) is 0 Å². The molecule has 0 aliphatic rings. The lowest BCUT2D eigenvalue weighted by Gasteiger charge is -2.32. The first-order chi connectivity index (χ1) is 9.58. The number of benzene rings is 1. The van der Waals surface area contributed by atoms with E-state index in [1.807, 2.05) is 0 Å². The van der Waals surface area contributed by atoms with Crippen LogP contribution in [0, 0.1) is 12.8 Å². The van der Waals surface area contributed by atoms with Crippen molar-refractivity contribution in [2.24, 2.45) is 5.92 Å². The van der Waals surface area contributed by atoms with Gasteiger partial charge in [0.15, 0.2) is 0 Å². The number of hydrogen-bond donors (Lipinski definition) is 1. The number of nitrogens with zero attached hydrogens (tertiary/aromatic N) is 1. The molecule has 0 aliphatic heterocycles. The van der Waals surface area contributed by atoms with E-state index >= 15 is 0 Å². The Kier molecular flexibility index (Phi) is 7.68. The number of hydrogen-bond acceptors (Lipinski definition) is 2. The van der Waals surface area contributed by atoms with Gasteiger partial charge in [0.1, 0.15) is 0 Å². The summed E-state index contributed by atoms with van der Waals surface area (Å²) in [4.78, 5) is 2.65. The maximum atomic E-state index is 3.58. The predicted molar refractivity (Wildman–Crippen MR) is 90.4 cm³/mol. The van der Waals surface area contributed by atoms with Crippen LogP contribution in [0.2, 0.25) is 0 Å². The van der Waals surface area contributed by atoms with Gasteiger partial charge in [-0.25, -0.2) is 0 Å². The first-order valence-electron chi connectivity index (χ1n) is 8.12. The van der Waals surface area contributed by atoms with Crippen LogP contribution in [0.4, 0.5) is 5.69 Å². The first kappa shape index (κ1) is 17.0. The standard InChI is InChI=1S/C18H32N2/c1-6-17(7-2)20(14-15(3)4)13-12-19-18-11-9-8-10-16(18)5/h8-11,15,17,19H,6-7,12-14H2,1-5H3. The van der Waals surface area contributed by atoms with Crippen molar-refractivity contribution >= 4 is 5.69 Å². The van der Waals surface area contributed by atoms with E-state index in [1.165, 1.54) is 30.6 Å². The minimum atomic E-state index is 0.719. The molecule has 1 aromatic rings. The Morgan fingerprint density at radius 2 is 1.75 bits per heavy atom. The molecule has 0 spiro atoms. The van der Waals surface area contributed by atoms with E-state index < -0.39 is 0 Å². The number of nitrogens with one attached hydrogen (secondary N) is 1. The van der Waals surface area contributed by atoms with Crippen molar-refractivity contribution < 1.29 is 0 Å². The highest BCUT2D eigenvalue weighted by atomic mass is 15.2. The van der Waals surface area contributed by atoms with Crippen molar-refractivity contribution in [1.29, 1.82) is 0 Å². The van der Waals surface area contributed by atoms with E-state index in [1.54, 1.807) is 0 Å². The molecule has 0 radical (unpaired) electrons. The number of rotatable bonds is 9. The van der Waals surface area contributed by atoms with Gasteiger partial charge in [0, 0.05) is 31.4 Å². The normalized spacial score (nSPS) is 11.6. The van der Waals surface area contributed by atoms with Gasteiger partial charge in [-0.1, -0.05) is 45.9 Å². The van der Waals surface area contributed by atoms with Gasteiger partial charge in [0.25, 0.3) is 0 Å². The summed E-state index contributed by atoms with van der Waals surface area (Å²) in [6.45, 7) is 14.7. The Hall–Kier alpha value is -1.02. The number of para-hydroxylation sites is 1. The molecule has 0 unspecified atom stereocenters. The third-order valence-corrected chi connectivity index (χ3v) is 3.92. The van der Waals surface area contributed by atoms with Crippen molar-refractivity contribution in [3.63, 3.8) is 0 Å². The van der Waals surface area contributed by atoms with Crippen LogP contribution in [-0.2, 0) is 0 Å². The molecule has 20 heavy (non-hydrogen) atoms. The molecule has 0 amide bonds. The predicted octanol–water partition coefficient (Wildman–Crippen LogP) is 4.55. The smallest absolute Gasteiger partial charge is 0.0370 e. The topological polar surface area (TPSA) is 15.3 Å².